The van der Waals surface area contributed by atoms with Gasteiger partial charge in [-0.05, 0) is 59.4 Å². The SMILES string of the molecule is COc1ccc(C(=O)Nc2ccc(N3CCN(C)CC3)c(N)c2)cc1Br. The third-order valence-corrected chi connectivity index (χ3v) is 5.16. The largest absolute Gasteiger partial charge is 0.496 e. The number of piperazine rings is 1. The maximum atomic E-state index is 12.5. The van der Waals surface area contributed by atoms with Crippen LogP contribution in [0.4, 0.5) is 17.1 Å². The van der Waals surface area contributed by atoms with E-state index in [0.29, 0.717) is 22.7 Å². The predicted octanol–water partition coefficient (Wildman–Crippen LogP) is 3.04. The molecule has 7 heteroatoms. The van der Waals surface area contributed by atoms with Crippen molar-refractivity contribution in [2.45, 2.75) is 0 Å². The van der Waals surface area contributed by atoms with Gasteiger partial charge in [-0.1, -0.05) is 0 Å². The van der Waals surface area contributed by atoms with Crippen LogP contribution < -0.4 is 20.7 Å². The molecule has 0 spiro atoms. The van der Waals surface area contributed by atoms with E-state index in [0.717, 1.165) is 36.3 Å². The molecule has 1 amide bonds. The fraction of sp³-hybridized carbons (Fsp3) is 0.316. The molecule has 2 aromatic rings. The van der Waals surface area contributed by atoms with Crippen LogP contribution in [-0.4, -0.2) is 51.1 Å². The molecule has 0 atom stereocenters. The number of hydrogen-bond donors (Lipinski definition) is 2. The first-order chi connectivity index (χ1) is 12.5. The monoisotopic (exact) mass is 418 g/mol. The van der Waals surface area contributed by atoms with E-state index < -0.39 is 0 Å². The molecule has 3 N–H and O–H groups in total. The van der Waals surface area contributed by atoms with Crippen molar-refractivity contribution in [3.63, 3.8) is 0 Å². The highest BCUT2D eigenvalue weighted by atomic mass is 79.9. The molecule has 0 aromatic heterocycles. The second-order valence-corrected chi connectivity index (χ2v) is 7.22. The highest BCUT2D eigenvalue weighted by Gasteiger charge is 2.17. The Morgan fingerprint density at radius 3 is 2.50 bits per heavy atom. The van der Waals surface area contributed by atoms with Crippen molar-refractivity contribution in [2.24, 2.45) is 0 Å². The third kappa shape index (κ3) is 4.11. The van der Waals surface area contributed by atoms with Crippen LogP contribution in [-0.2, 0) is 0 Å². The molecule has 0 unspecified atom stereocenters. The summed E-state index contributed by atoms with van der Waals surface area (Å²) in [6.45, 7) is 3.94. The van der Waals surface area contributed by atoms with Gasteiger partial charge in [0.1, 0.15) is 5.75 Å². The number of anilines is 3. The Hall–Kier alpha value is -2.25. The first kappa shape index (κ1) is 18.5. The van der Waals surface area contributed by atoms with E-state index in [4.69, 9.17) is 10.5 Å². The van der Waals surface area contributed by atoms with Crippen LogP contribution in [0, 0.1) is 0 Å². The van der Waals surface area contributed by atoms with E-state index in [1.165, 1.54) is 0 Å². The molecule has 26 heavy (non-hydrogen) atoms. The van der Waals surface area contributed by atoms with Crippen LogP contribution in [0.1, 0.15) is 10.4 Å². The summed E-state index contributed by atoms with van der Waals surface area (Å²) in [5.41, 5.74) is 9.14. The zero-order chi connectivity index (χ0) is 18.7. The van der Waals surface area contributed by atoms with Crippen molar-refractivity contribution < 1.29 is 9.53 Å². The maximum absolute atomic E-state index is 12.5. The number of nitrogen functional groups attached to an aromatic ring is 1. The molecule has 1 heterocycles. The van der Waals surface area contributed by atoms with E-state index in [2.05, 4.69) is 38.1 Å². The van der Waals surface area contributed by atoms with Crippen molar-refractivity contribution in [3.05, 3.63) is 46.4 Å². The Balaban J connectivity index is 1.71. The number of amides is 1. The van der Waals surface area contributed by atoms with E-state index >= 15 is 0 Å². The molecule has 1 aliphatic heterocycles. The van der Waals surface area contributed by atoms with Crippen molar-refractivity contribution >= 4 is 38.9 Å². The molecular formula is C19H23BrN4O2. The molecule has 138 valence electrons. The number of halogens is 1. The van der Waals surface area contributed by atoms with Crippen LogP contribution in [0.3, 0.4) is 0 Å². The number of benzene rings is 2. The van der Waals surface area contributed by atoms with Crippen LogP contribution in [0.2, 0.25) is 0 Å². The topological polar surface area (TPSA) is 70.8 Å². The van der Waals surface area contributed by atoms with Gasteiger partial charge < -0.3 is 25.6 Å². The van der Waals surface area contributed by atoms with Crippen LogP contribution in [0.25, 0.3) is 0 Å². The normalized spacial score (nSPS) is 15.0. The number of rotatable bonds is 4. The Labute approximate surface area is 162 Å². The molecule has 1 fully saturated rings. The first-order valence-electron chi connectivity index (χ1n) is 8.46. The zero-order valence-corrected chi connectivity index (χ0v) is 16.5. The van der Waals surface area contributed by atoms with Gasteiger partial charge in [0.15, 0.2) is 0 Å². The van der Waals surface area contributed by atoms with Crippen LogP contribution in [0.5, 0.6) is 5.75 Å². The van der Waals surface area contributed by atoms with E-state index in [-0.39, 0.29) is 5.91 Å². The summed E-state index contributed by atoms with van der Waals surface area (Å²) in [6, 6.07) is 10.9. The van der Waals surface area contributed by atoms with Crippen molar-refractivity contribution in [1.82, 2.24) is 4.90 Å². The van der Waals surface area contributed by atoms with Crippen molar-refractivity contribution in [3.8, 4) is 5.75 Å². The van der Waals surface area contributed by atoms with Crippen molar-refractivity contribution in [1.29, 1.82) is 0 Å². The fourth-order valence-electron chi connectivity index (χ4n) is 2.98. The van der Waals surface area contributed by atoms with E-state index in [1.807, 2.05) is 18.2 Å². The average Bonchev–Trinajstić information content (AvgIpc) is 2.63. The molecule has 1 saturated heterocycles. The highest BCUT2D eigenvalue weighted by Crippen LogP contribution is 2.29. The Morgan fingerprint density at radius 2 is 1.88 bits per heavy atom. The number of carbonyl (C=O) groups is 1. The molecule has 1 aliphatic rings. The van der Waals surface area contributed by atoms with E-state index in [9.17, 15) is 4.79 Å². The minimum absolute atomic E-state index is 0.194. The number of nitrogens with zero attached hydrogens (tertiary/aromatic N) is 2. The Kier molecular flexibility index (Phi) is 5.68. The molecule has 0 saturated carbocycles. The number of methoxy groups -OCH3 is 1. The number of carbonyl (C=O) groups excluding carboxylic acids is 1. The highest BCUT2D eigenvalue weighted by molar-refractivity contribution is 9.10. The summed E-state index contributed by atoms with van der Waals surface area (Å²) in [5.74, 6) is 0.488. The zero-order valence-electron chi connectivity index (χ0n) is 15.0. The van der Waals surface area contributed by atoms with Gasteiger partial charge in [0, 0.05) is 37.4 Å². The summed E-state index contributed by atoms with van der Waals surface area (Å²) in [4.78, 5) is 17.0. The van der Waals surface area contributed by atoms with Gasteiger partial charge >= 0.3 is 0 Å². The molecule has 0 bridgehead atoms. The molecular weight excluding hydrogens is 396 g/mol. The van der Waals surface area contributed by atoms with Gasteiger partial charge in [0.2, 0.25) is 0 Å². The Morgan fingerprint density at radius 1 is 1.15 bits per heavy atom. The summed E-state index contributed by atoms with van der Waals surface area (Å²) in [7, 11) is 3.71. The lowest BCUT2D eigenvalue weighted by Gasteiger charge is -2.34. The molecule has 0 radical (unpaired) electrons. The minimum Gasteiger partial charge on any atom is -0.496 e. The number of hydrogen-bond acceptors (Lipinski definition) is 5. The number of nitrogens with two attached hydrogens (primary N) is 1. The lowest BCUT2D eigenvalue weighted by Crippen LogP contribution is -2.44. The maximum Gasteiger partial charge on any atom is 0.255 e. The smallest absolute Gasteiger partial charge is 0.255 e. The Bertz CT molecular complexity index is 804. The second kappa shape index (κ2) is 7.97. The first-order valence-corrected chi connectivity index (χ1v) is 9.25. The predicted molar refractivity (Wildman–Crippen MR) is 109 cm³/mol. The average molecular weight is 419 g/mol. The standard InChI is InChI=1S/C19H23BrN4O2/c1-23-7-9-24(10-8-23)17-5-4-14(12-16(17)21)22-19(25)13-3-6-18(26-2)15(20)11-13/h3-6,11-12H,7-10,21H2,1-2H3,(H,22,25). The molecule has 6 nitrogen and oxygen atoms in total. The lowest BCUT2D eigenvalue weighted by atomic mass is 10.1. The van der Waals surface area contributed by atoms with Gasteiger partial charge in [-0.3, -0.25) is 4.79 Å². The fourth-order valence-corrected chi connectivity index (χ4v) is 3.52. The van der Waals surface area contributed by atoms with E-state index in [1.54, 1.807) is 25.3 Å². The quantitative estimate of drug-likeness (QED) is 0.746. The summed E-state index contributed by atoms with van der Waals surface area (Å²) in [6.07, 6.45) is 0. The van der Waals surface area contributed by atoms with Gasteiger partial charge in [-0.25, -0.2) is 0 Å². The van der Waals surface area contributed by atoms with Gasteiger partial charge in [0.25, 0.3) is 5.91 Å². The molecule has 0 aliphatic carbocycles. The lowest BCUT2D eigenvalue weighted by molar-refractivity contribution is 0.102. The summed E-state index contributed by atoms with van der Waals surface area (Å²) in [5, 5.41) is 2.89. The van der Waals surface area contributed by atoms with Crippen molar-refractivity contribution in [2.75, 3.05) is 56.3 Å². The van der Waals surface area contributed by atoms with Crippen LogP contribution >= 0.6 is 15.9 Å². The van der Waals surface area contributed by atoms with Gasteiger partial charge in [0.05, 0.1) is 23.0 Å². The summed E-state index contributed by atoms with van der Waals surface area (Å²) >= 11 is 3.40. The molecule has 2 aromatic carbocycles. The number of ether oxygens (including phenoxy) is 1. The number of nitrogens with one attached hydrogen (secondary N) is 1. The van der Waals surface area contributed by atoms with Gasteiger partial charge in [-0.2, -0.15) is 0 Å². The van der Waals surface area contributed by atoms with Gasteiger partial charge in [-0.15, -0.1) is 0 Å². The summed E-state index contributed by atoms with van der Waals surface area (Å²) < 4.78 is 5.92. The second-order valence-electron chi connectivity index (χ2n) is 6.37. The third-order valence-electron chi connectivity index (χ3n) is 4.54. The van der Waals surface area contributed by atoms with Crippen LogP contribution in [0.15, 0.2) is 40.9 Å². The molecule has 3 rings (SSSR count). The number of likely N-dealkylation sites (N-methyl/N-ethyl adjacent to an activating group) is 1. The minimum atomic E-state index is -0.194.